The molecular formula is C10H8F3N5O2. The first-order valence-corrected chi connectivity index (χ1v) is 5.20. The average Bonchev–Trinajstić information content (AvgIpc) is 2.87. The van der Waals surface area contributed by atoms with Crippen LogP contribution in [0.2, 0.25) is 0 Å². The largest absolute Gasteiger partial charge is 0.435 e. The summed E-state index contributed by atoms with van der Waals surface area (Å²) >= 11 is 0. The summed E-state index contributed by atoms with van der Waals surface area (Å²) in [7, 11) is 0. The summed E-state index contributed by atoms with van der Waals surface area (Å²) in [6.07, 6.45) is -3.52. The number of anilines is 1. The molecule has 0 aliphatic carbocycles. The van der Waals surface area contributed by atoms with E-state index in [0.29, 0.717) is 0 Å². The van der Waals surface area contributed by atoms with Gasteiger partial charge in [0.1, 0.15) is 0 Å². The molecule has 0 amide bonds. The predicted octanol–water partition coefficient (Wildman–Crippen LogP) is 2.08. The fourth-order valence-corrected chi connectivity index (χ4v) is 1.54. The van der Waals surface area contributed by atoms with E-state index in [4.69, 9.17) is 5.84 Å². The van der Waals surface area contributed by atoms with Crippen LogP contribution in [0.3, 0.4) is 0 Å². The zero-order valence-corrected chi connectivity index (χ0v) is 9.76. The van der Waals surface area contributed by atoms with Crippen LogP contribution < -0.4 is 11.3 Å². The van der Waals surface area contributed by atoms with Crippen molar-refractivity contribution in [2.75, 3.05) is 5.43 Å². The summed E-state index contributed by atoms with van der Waals surface area (Å²) in [6.45, 7) is 0. The number of aromatic nitrogens is 2. The Morgan fingerprint density at radius 3 is 2.55 bits per heavy atom. The van der Waals surface area contributed by atoms with Crippen molar-refractivity contribution in [3.8, 4) is 5.69 Å². The molecule has 0 saturated carbocycles. The summed E-state index contributed by atoms with van der Waals surface area (Å²) in [5.74, 6) is 5.16. The number of rotatable bonds is 3. The Bertz CT molecular complexity index is 653. The van der Waals surface area contributed by atoms with Crippen molar-refractivity contribution >= 4 is 11.4 Å². The molecule has 1 aromatic carbocycles. The van der Waals surface area contributed by atoms with E-state index >= 15 is 0 Å². The molecule has 0 spiro atoms. The van der Waals surface area contributed by atoms with Gasteiger partial charge in [-0.15, -0.1) is 0 Å². The lowest BCUT2D eigenvalue weighted by molar-refractivity contribution is -0.384. The number of nitrogens with two attached hydrogens (primary N) is 1. The zero-order chi connectivity index (χ0) is 14.9. The van der Waals surface area contributed by atoms with E-state index in [1.165, 1.54) is 6.07 Å². The Kier molecular flexibility index (Phi) is 3.32. The molecular weight excluding hydrogens is 279 g/mol. The van der Waals surface area contributed by atoms with Crippen LogP contribution in [-0.4, -0.2) is 14.7 Å². The van der Waals surface area contributed by atoms with Gasteiger partial charge in [0, 0.05) is 18.3 Å². The number of benzene rings is 1. The minimum atomic E-state index is -4.58. The highest BCUT2D eigenvalue weighted by Gasteiger charge is 2.33. The number of non-ortho nitro benzene ring substituents is 1. The molecule has 1 aromatic heterocycles. The minimum absolute atomic E-state index is 0.0858. The SMILES string of the molecule is NNc1cc(-n2ccc(C(F)(F)F)n2)cc([N+](=O)[O-])c1. The smallest absolute Gasteiger partial charge is 0.324 e. The molecule has 0 atom stereocenters. The maximum atomic E-state index is 12.5. The van der Waals surface area contributed by atoms with Gasteiger partial charge < -0.3 is 5.43 Å². The van der Waals surface area contributed by atoms with Gasteiger partial charge in [0.2, 0.25) is 0 Å². The monoisotopic (exact) mass is 287 g/mol. The van der Waals surface area contributed by atoms with Gasteiger partial charge in [-0.25, -0.2) is 4.68 Å². The fourth-order valence-electron chi connectivity index (χ4n) is 1.54. The number of nitro groups is 1. The highest BCUT2D eigenvalue weighted by molar-refractivity contribution is 5.58. The molecule has 2 aromatic rings. The Morgan fingerprint density at radius 1 is 1.35 bits per heavy atom. The number of hydrogen-bond donors (Lipinski definition) is 2. The van der Waals surface area contributed by atoms with Crippen LogP contribution in [0.4, 0.5) is 24.5 Å². The van der Waals surface area contributed by atoms with Crippen LogP contribution in [-0.2, 0) is 6.18 Å². The topological polar surface area (TPSA) is 99.0 Å². The second-order valence-corrected chi connectivity index (χ2v) is 3.78. The van der Waals surface area contributed by atoms with Crippen LogP contribution in [0.15, 0.2) is 30.5 Å². The third kappa shape index (κ3) is 2.69. The number of hydrogen-bond acceptors (Lipinski definition) is 5. The maximum absolute atomic E-state index is 12.5. The molecule has 0 saturated heterocycles. The summed E-state index contributed by atoms with van der Waals surface area (Å²) in [5, 5.41) is 14.1. The molecule has 20 heavy (non-hydrogen) atoms. The molecule has 3 N–H and O–H groups in total. The molecule has 2 rings (SSSR count). The number of nitrogens with one attached hydrogen (secondary N) is 1. The molecule has 0 bridgehead atoms. The lowest BCUT2D eigenvalue weighted by atomic mass is 10.2. The number of hydrazine groups is 1. The number of nitrogen functional groups attached to an aromatic ring is 1. The second kappa shape index (κ2) is 4.81. The predicted molar refractivity (Wildman–Crippen MR) is 63.0 cm³/mol. The first kappa shape index (κ1) is 13.8. The Balaban J connectivity index is 2.49. The van der Waals surface area contributed by atoms with Crippen LogP contribution in [0, 0.1) is 10.1 Å². The van der Waals surface area contributed by atoms with Crippen LogP contribution in [0.25, 0.3) is 5.69 Å². The zero-order valence-electron chi connectivity index (χ0n) is 9.76. The standard InChI is InChI=1S/C10H8F3N5O2/c11-10(12,13)9-1-2-17(16-9)7-3-6(15-14)4-8(5-7)18(19)20/h1-5,15H,14H2. The van der Waals surface area contributed by atoms with Gasteiger partial charge in [-0.3, -0.25) is 16.0 Å². The highest BCUT2D eigenvalue weighted by Crippen LogP contribution is 2.29. The van der Waals surface area contributed by atoms with Crippen molar-refractivity contribution in [3.63, 3.8) is 0 Å². The van der Waals surface area contributed by atoms with E-state index in [1.807, 2.05) is 0 Å². The number of nitrogens with zero attached hydrogens (tertiary/aromatic N) is 3. The van der Waals surface area contributed by atoms with E-state index in [0.717, 1.165) is 29.1 Å². The molecule has 0 unspecified atom stereocenters. The van der Waals surface area contributed by atoms with E-state index in [2.05, 4.69) is 10.5 Å². The number of nitro benzene ring substituents is 1. The van der Waals surface area contributed by atoms with E-state index in [1.54, 1.807) is 0 Å². The van der Waals surface area contributed by atoms with Gasteiger partial charge in [-0.05, 0) is 12.1 Å². The first-order chi connectivity index (χ1) is 9.31. The molecule has 0 fully saturated rings. The summed E-state index contributed by atoms with van der Waals surface area (Å²) < 4.78 is 38.2. The third-order valence-electron chi connectivity index (χ3n) is 2.42. The van der Waals surface area contributed by atoms with Crippen LogP contribution >= 0.6 is 0 Å². The second-order valence-electron chi connectivity index (χ2n) is 3.78. The minimum Gasteiger partial charge on any atom is -0.324 e. The third-order valence-corrected chi connectivity index (χ3v) is 2.42. The molecule has 0 aliphatic heterocycles. The lowest BCUT2D eigenvalue weighted by Gasteiger charge is -2.06. The lowest BCUT2D eigenvalue weighted by Crippen LogP contribution is -2.09. The molecule has 106 valence electrons. The first-order valence-electron chi connectivity index (χ1n) is 5.20. The Labute approximate surface area is 109 Å². The Morgan fingerprint density at radius 2 is 2.05 bits per heavy atom. The van der Waals surface area contributed by atoms with Crippen molar-refractivity contribution in [1.82, 2.24) is 9.78 Å². The van der Waals surface area contributed by atoms with Crippen molar-refractivity contribution < 1.29 is 18.1 Å². The van der Waals surface area contributed by atoms with Crippen LogP contribution in [0.5, 0.6) is 0 Å². The van der Waals surface area contributed by atoms with E-state index < -0.39 is 16.8 Å². The summed E-state index contributed by atoms with van der Waals surface area (Å²) in [5.41, 5.74) is 1.06. The molecule has 10 heteroatoms. The molecule has 0 radical (unpaired) electrons. The van der Waals surface area contributed by atoms with Crippen molar-refractivity contribution in [2.45, 2.75) is 6.18 Å². The van der Waals surface area contributed by atoms with Gasteiger partial charge in [0.05, 0.1) is 16.3 Å². The van der Waals surface area contributed by atoms with Crippen molar-refractivity contribution in [3.05, 3.63) is 46.3 Å². The fraction of sp³-hybridized carbons (Fsp3) is 0.100. The van der Waals surface area contributed by atoms with Crippen molar-refractivity contribution in [1.29, 1.82) is 0 Å². The van der Waals surface area contributed by atoms with Crippen molar-refractivity contribution in [2.24, 2.45) is 5.84 Å². The van der Waals surface area contributed by atoms with E-state index in [-0.39, 0.29) is 17.1 Å². The summed E-state index contributed by atoms with van der Waals surface area (Å²) in [6, 6.07) is 4.35. The average molecular weight is 287 g/mol. The number of alkyl halides is 3. The van der Waals surface area contributed by atoms with Gasteiger partial charge in [-0.1, -0.05) is 0 Å². The molecule has 0 aliphatic rings. The highest BCUT2D eigenvalue weighted by atomic mass is 19.4. The quantitative estimate of drug-likeness (QED) is 0.511. The van der Waals surface area contributed by atoms with Crippen LogP contribution in [0.1, 0.15) is 5.69 Å². The Hall–Kier alpha value is -2.62. The van der Waals surface area contributed by atoms with Gasteiger partial charge in [0.25, 0.3) is 5.69 Å². The maximum Gasteiger partial charge on any atom is 0.435 e. The number of halogens is 3. The molecule has 7 nitrogen and oxygen atoms in total. The van der Waals surface area contributed by atoms with Gasteiger partial charge in [-0.2, -0.15) is 18.3 Å². The van der Waals surface area contributed by atoms with Gasteiger partial charge >= 0.3 is 6.18 Å². The van der Waals surface area contributed by atoms with E-state index in [9.17, 15) is 23.3 Å². The van der Waals surface area contributed by atoms with Gasteiger partial charge in [0.15, 0.2) is 5.69 Å². The summed E-state index contributed by atoms with van der Waals surface area (Å²) in [4.78, 5) is 10.1. The molecule has 1 heterocycles. The normalized spacial score (nSPS) is 11.4.